The molecule has 1 aliphatic heterocycles. The second-order valence-electron chi connectivity index (χ2n) is 5.66. The van der Waals surface area contributed by atoms with Crippen LogP contribution in [0.4, 0.5) is 5.82 Å². The maximum Gasteiger partial charge on any atom is 0.148 e. The van der Waals surface area contributed by atoms with Crippen LogP contribution < -0.4 is 4.90 Å². The lowest BCUT2D eigenvalue weighted by Gasteiger charge is -2.19. The molecule has 1 atom stereocenters. The van der Waals surface area contributed by atoms with Crippen molar-refractivity contribution in [3.63, 3.8) is 0 Å². The summed E-state index contributed by atoms with van der Waals surface area (Å²) < 4.78 is 0. The maximum atomic E-state index is 10.1. The van der Waals surface area contributed by atoms with Crippen LogP contribution in [0.25, 0.3) is 0 Å². The summed E-state index contributed by atoms with van der Waals surface area (Å²) in [5, 5.41) is 11.0. The summed E-state index contributed by atoms with van der Waals surface area (Å²) in [6.45, 7) is 3.32. The predicted molar refractivity (Wildman–Crippen MR) is 85.5 cm³/mol. The molecule has 5 heteroatoms. The summed E-state index contributed by atoms with van der Waals surface area (Å²) in [6.07, 6.45) is 4.34. The number of thioether (sulfide) groups is 1. The Balaban J connectivity index is 1.66. The number of nitrogens with zero attached hydrogens (tertiary/aromatic N) is 3. The maximum absolute atomic E-state index is 10.1. The van der Waals surface area contributed by atoms with Gasteiger partial charge in [-0.25, -0.2) is 4.98 Å². The summed E-state index contributed by atoms with van der Waals surface area (Å²) >= 11 is 1.68. The van der Waals surface area contributed by atoms with Crippen molar-refractivity contribution in [3.05, 3.63) is 48.3 Å². The Morgan fingerprint density at radius 2 is 2.10 bits per heavy atom. The van der Waals surface area contributed by atoms with Gasteiger partial charge in [-0.05, 0) is 18.9 Å². The molecule has 21 heavy (non-hydrogen) atoms. The van der Waals surface area contributed by atoms with Crippen molar-refractivity contribution in [2.45, 2.75) is 29.7 Å². The van der Waals surface area contributed by atoms with Crippen molar-refractivity contribution in [2.75, 3.05) is 18.0 Å². The summed E-state index contributed by atoms with van der Waals surface area (Å²) in [4.78, 5) is 11.0. The van der Waals surface area contributed by atoms with Gasteiger partial charge in [-0.15, -0.1) is 11.8 Å². The smallest absolute Gasteiger partial charge is 0.148 e. The Bertz CT molecular complexity index is 603. The molecule has 2 aromatic rings. The Hall–Kier alpha value is -1.59. The SMILES string of the molecule is CC1(O)CCN(c2cncc(SCc3ccccc3)n2)C1. The van der Waals surface area contributed by atoms with Crippen LogP contribution in [0, 0.1) is 0 Å². The molecule has 0 saturated carbocycles. The number of hydrogen-bond donors (Lipinski definition) is 1. The Morgan fingerprint density at radius 1 is 1.29 bits per heavy atom. The fourth-order valence-electron chi connectivity index (χ4n) is 2.43. The van der Waals surface area contributed by atoms with E-state index < -0.39 is 5.60 Å². The highest BCUT2D eigenvalue weighted by molar-refractivity contribution is 7.98. The third-order valence-corrected chi connectivity index (χ3v) is 4.58. The molecule has 1 aromatic carbocycles. The van der Waals surface area contributed by atoms with E-state index in [2.05, 4.69) is 27.0 Å². The minimum atomic E-state index is -0.616. The molecule has 1 N–H and O–H groups in total. The first kappa shape index (κ1) is 14.4. The number of aromatic nitrogens is 2. The third kappa shape index (κ3) is 3.74. The quantitative estimate of drug-likeness (QED) is 0.880. The van der Waals surface area contributed by atoms with Crippen molar-refractivity contribution < 1.29 is 5.11 Å². The fraction of sp³-hybridized carbons (Fsp3) is 0.375. The number of aliphatic hydroxyl groups is 1. The van der Waals surface area contributed by atoms with Crippen LogP contribution in [0.3, 0.4) is 0 Å². The van der Waals surface area contributed by atoms with E-state index >= 15 is 0 Å². The van der Waals surface area contributed by atoms with E-state index in [0.717, 1.165) is 29.6 Å². The van der Waals surface area contributed by atoms with Gasteiger partial charge in [0.25, 0.3) is 0 Å². The molecular formula is C16H19N3OS. The molecule has 0 bridgehead atoms. The van der Waals surface area contributed by atoms with Gasteiger partial charge in [0.05, 0.1) is 18.0 Å². The van der Waals surface area contributed by atoms with Gasteiger partial charge in [0.15, 0.2) is 0 Å². The van der Waals surface area contributed by atoms with Crippen LogP contribution in [0.1, 0.15) is 18.9 Å². The van der Waals surface area contributed by atoms with Crippen LogP contribution in [-0.2, 0) is 5.75 Å². The average molecular weight is 301 g/mol. The zero-order chi connectivity index (χ0) is 14.7. The molecule has 2 heterocycles. The van der Waals surface area contributed by atoms with Crippen LogP contribution in [0.15, 0.2) is 47.8 Å². The zero-order valence-corrected chi connectivity index (χ0v) is 12.9. The third-order valence-electron chi connectivity index (χ3n) is 3.61. The second kappa shape index (κ2) is 6.03. The molecule has 3 rings (SSSR count). The first-order valence-corrected chi connectivity index (χ1v) is 8.07. The van der Waals surface area contributed by atoms with Crippen LogP contribution in [-0.4, -0.2) is 33.8 Å². The van der Waals surface area contributed by atoms with Gasteiger partial charge in [0.2, 0.25) is 0 Å². The number of β-amino-alcohol motifs (C(OH)–C–C–N with tert-alkyl or cyclic N) is 1. The van der Waals surface area contributed by atoms with E-state index in [-0.39, 0.29) is 0 Å². The molecule has 0 amide bonds. The van der Waals surface area contributed by atoms with Gasteiger partial charge >= 0.3 is 0 Å². The second-order valence-corrected chi connectivity index (χ2v) is 6.65. The molecular weight excluding hydrogens is 282 g/mol. The first-order chi connectivity index (χ1) is 10.1. The lowest BCUT2D eigenvalue weighted by Crippen LogP contribution is -2.30. The van der Waals surface area contributed by atoms with Crippen LogP contribution in [0.2, 0.25) is 0 Å². The number of anilines is 1. The predicted octanol–water partition coefficient (Wildman–Crippen LogP) is 2.73. The fourth-order valence-corrected chi connectivity index (χ4v) is 3.23. The molecule has 1 fully saturated rings. The topological polar surface area (TPSA) is 49.2 Å². The van der Waals surface area contributed by atoms with E-state index in [4.69, 9.17) is 0 Å². The normalized spacial score (nSPS) is 21.7. The van der Waals surface area contributed by atoms with Crippen molar-refractivity contribution in [2.24, 2.45) is 0 Å². The largest absolute Gasteiger partial charge is 0.388 e. The van der Waals surface area contributed by atoms with Crippen molar-refractivity contribution in [1.29, 1.82) is 0 Å². The molecule has 1 unspecified atom stereocenters. The van der Waals surface area contributed by atoms with E-state index in [1.807, 2.05) is 25.1 Å². The Labute approximate surface area is 129 Å². The van der Waals surface area contributed by atoms with Gasteiger partial charge in [0.1, 0.15) is 10.8 Å². The summed E-state index contributed by atoms with van der Waals surface area (Å²) in [5.41, 5.74) is 0.660. The molecule has 0 aliphatic carbocycles. The Kier molecular flexibility index (Phi) is 4.12. The standard InChI is InChI=1S/C16H19N3OS/c1-16(20)7-8-19(12-16)14-9-17-10-15(18-14)21-11-13-5-3-2-4-6-13/h2-6,9-10,20H,7-8,11-12H2,1H3. The molecule has 0 radical (unpaired) electrons. The van der Waals surface area contributed by atoms with Crippen molar-refractivity contribution in [3.8, 4) is 0 Å². The van der Waals surface area contributed by atoms with Gasteiger partial charge in [-0.1, -0.05) is 30.3 Å². The van der Waals surface area contributed by atoms with Gasteiger partial charge in [0, 0.05) is 18.8 Å². The first-order valence-electron chi connectivity index (χ1n) is 7.08. The minimum Gasteiger partial charge on any atom is -0.388 e. The van der Waals surface area contributed by atoms with E-state index in [9.17, 15) is 5.11 Å². The van der Waals surface area contributed by atoms with Crippen LogP contribution >= 0.6 is 11.8 Å². The van der Waals surface area contributed by atoms with Gasteiger partial charge in [-0.3, -0.25) is 4.98 Å². The van der Waals surface area contributed by atoms with E-state index in [1.54, 1.807) is 24.2 Å². The minimum absolute atomic E-state index is 0.616. The monoisotopic (exact) mass is 301 g/mol. The molecule has 1 aromatic heterocycles. The van der Waals surface area contributed by atoms with Crippen molar-refractivity contribution >= 4 is 17.6 Å². The van der Waals surface area contributed by atoms with Crippen LogP contribution in [0.5, 0.6) is 0 Å². The molecule has 0 spiro atoms. The molecule has 4 nitrogen and oxygen atoms in total. The zero-order valence-electron chi connectivity index (χ0n) is 12.1. The highest BCUT2D eigenvalue weighted by Crippen LogP contribution is 2.27. The van der Waals surface area contributed by atoms with Crippen molar-refractivity contribution in [1.82, 2.24) is 9.97 Å². The molecule has 1 saturated heterocycles. The summed E-state index contributed by atoms with van der Waals surface area (Å²) in [7, 11) is 0. The highest BCUT2D eigenvalue weighted by Gasteiger charge is 2.32. The van der Waals surface area contributed by atoms with Gasteiger partial charge < -0.3 is 10.0 Å². The highest BCUT2D eigenvalue weighted by atomic mass is 32.2. The summed E-state index contributed by atoms with van der Waals surface area (Å²) in [6, 6.07) is 10.3. The number of rotatable bonds is 4. The van der Waals surface area contributed by atoms with E-state index in [0.29, 0.717) is 6.54 Å². The van der Waals surface area contributed by atoms with Gasteiger partial charge in [-0.2, -0.15) is 0 Å². The number of hydrogen-bond acceptors (Lipinski definition) is 5. The Morgan fingerprint density at radius 3 is 2.81 bits per heavy atom. The molecule has 1 aliphatic rings. The molecule has 110 valence electrons. The lowest BCUT2D eigenvalue weighted by molar-refractivity contribution is 0.0839. The summed E-state index contributed by atoms with van der Waals surface area (Å²) in [5.74, 6) is 1.74. The lowest BCUT2D eigenvalue weighted by atomic mass is 10.1. The van der Waals surface area contributed by atoms with E-state index in [1.165, 1.54) is 5.56 Å². The number of benzene rings is 1. The average Bonchev–Trinajstić information content (AvgIpc) is 2.87.